The molecule has 2 amide bonds. The van der Waals surface area contributed by atoms with Crippen molar-refractivity contribution >= 4 is 18.3 Å². The number of amides is 2. The maximum Gasteiger partial charge on any atom is 0.407 e. The fourth-order valence-electron chi connectivity index (χ4n) is 2.84. The Labute approximate surface area is 144 Å². The molecule has 0 aromatic heterocycles. The van der Waals surface area contributed by atoms with Crippen LogP contribution in [0.1, 0.15) is 37.3 Å². The van der Waals surface area contributed by atoms with Gasteiger partial charge in [0.15, 0.2) is 0 Å². The van der Waals surface area contributed by atoms with Crippen LogP contribution in [0.4, 0.5) is 9.18 Å². The predicted octanol–water partition coefficient (Wildman–Crippen LogP) is 1.47. The first-order valence-corrected chi connectivity index (χ1v) is 8.06. The second kappa shape index (κ2) is 8.06. The summed E-state index contributed by atoms with van der Waals surface area (Å²) in [6.07, 6.45) is 0.149. The van der Waals surface area contributed by atoms with Crippen LogP contribution in [-0.4, -0.2) is 52.1 Å². The summed E-state index contributed by atoms with van der Waals surface area (Å²) in [5.41, 5.74) is -1.03. The molecule has 0 radical (unpaired) electrons. The van der Waals surface area contributed by atoms with Gasteiger partial charge in [0.1, 0.15) is 17.7 Å². The molecule has 0 aliphatic carbocycles. The average Bonchev–Trinajstić information content (AvgIpc) is 2.59. The molecule has 1 heterocycles. The largest absolute Gasteiger partial charge is 0.465 e. The van der Waals surface area contributed by atoms with Crippen molar-refractivity contribution < 1.29 is 29.0 Å². The highest BCUT2D eigenvalue weighted by atomic mass is 19.1. The number of hydrogen-bond acceptors (Lipinski definition) is 4. The molecule has 0 unspecified atom stereocenters. The van der Waals surface area contributed by atoms with Gasteiger partial charge in [-0.05, 0) is 24.1 Å². The highest BCUT2D eigenvalue weighted by Crippen LogP contribution is 2.25. The van der Waals surface area contributed by atoms with Crippen molar-refractivity contribution in [3.05, 3.63) is 35.6 Å². The minimum absolute atomic E-state index is 0.00501. The van der Waals surface area contributed by atoms with Gasteiger partial charge < -0.3 is 25.2 Å². The Bertz CT molecular complexity index is 626. The maximum atomic E-state index is 13.1. The van der Waals surface area contributed by atoms with Gasteiger partial charge in [0.25, 0.3) is 5.91 Å². The Hall–Kier alpha value is -2.48. The summed E-state index contributed by atoms with van der Waals surface area (Å²) in [7, 11) is 0. The minimum Gasteiger partial charge on any atom is -0.465 e. The Morgan fingerprint density at radius 2 is 1.88 bits per heavy atom. The van der Waals surface area contributed by atoms with E-state index in [1.807, 2.05) is 0 Å². The summed E-state index contributed by atoms with van der Waals surface area (Å²) in [6.45, 7) is 0.129. The number of nitrogens with zero attached hydrogens (tertiary/aromatic N) is 1. The van der Waals surface area contributed by atoms with E-state index in [0.717, 1.165) is 11.2 Å². The number of halogens is 1. The van der Waals surface area contributed by atoms with Crippen LogP contribution < -0.4 is 5.32 Å². The number of carbonyl (C=O) groups is 3. The number of piperidine rings is 1. The highest BCUT2D eigenvalue weighted by molar-refractivity contribution is 5.85. The second-order valence-corrected chi connectivity index (χ2v) is 6.12. The molecule has 136 valence electrons. The quantitative estimate of drug-likeness (QED) is 0.672. The van der Waals surface area contributed by atoms with Gasteiger partial charge in [-0.3, -0.25) is 4.79 Å². The van der Waals surface area contributed by atoms with Gasteiger partial charge in [-0.1, -0.05) is 12.1 Å². The standard InChI is InChI=1S/C17H21FN2O5/c18-13-5-3-12(4-6-13)14(2-1-11-21)19-15(22)17(25)7-9-20(10-8-17)16(23)24/h3-6,11,14,25H,1-2,7-10H2,(H,19,22)(H,23,24)/t14-/m0/s1. The molecule has 0 spiro atoms. The number of nitrogens with one attached hydrogen (secondary N) is 1. The van der Waals surface area contributed by atoms with E-state index < -0.39 is 29.5 Å². The van der Waals surface area contributed by atoms with E-state index in [1.165, 1.54) is 24.3 Å². The van der Waals surface area contributed by atoms with Gasteiger partial charge >= 0.3 is 6.09 Å². The van der Waals surface area contributed by atoms with Crippen LogP contribution in [0.5, 0.6) is 0 Å². The molecular formula is C17H21FN2O5. The SMILES string of the molecule is O=CCC[C@H](NC(=O)C1(O)CCN(C(=O)O)CC1)c1ccc(F)cc1. The van der Waals surface area contributed by atoms with Crippen molar-refractivity contribution in [3.63, 3.8) is 0 Å². The fraction of sp³-hybridized carbons (Fsp3) is 0.471. The lowest BCUT2D eigenvalue weighted by atomic mass is 9.89. The number of benzene rings is 1. The molecule has 1 atom stereocenters. The van der Waals surface area contributed by atoms with Gasteiger partial charge in [0, 0.05) is 32.4 Å². The third-order valence-corrected chi connectivity index (χ3v) is 4.43. The molecule has 3 N–H and O–H groups in total. The molecule has 0 saturated carbocycles. The molecule has 7 nitrogen and oxygen atoms in total. The van der Waals surface area contributed by atoms with Gasteiger partial charge in [-0.2, -0.15) is 0 Å². The summed E-state index contributed by atoms with van der Waals surface area (Å²) >= 11 is 0. The van der Waals surface area contributed by atoms with Gasteiger partial charge in [0.2, 0.25) is 0 Å². The van der Waals surface area contributed by atoms with Crippen LogP contribution in [0.2, 0.25) is 0 Å². The van der Waals surface area contributed by atoms with Crippen LogP contribution in [-0.2, 0) is 9.59 Å². The lowest BCUT2D eigenvalue weighted by Gasteiger charge is -2.36. The first kappa shape index (κ1) is 18.9. The van der Waals surface area contributed by atoms with Gasteiger partial charge in [-0.25, -0.2) is 9.18 Å². The molecule has 1 fully saturated rings. The summed E-state index contributed by atoms with van der Waals surface area (Å²) in [5.74, 6) is -1.03. The molecule has 1 aliphatic rings. The minimum atomic E-state index is -1.66. The van der Waals surface area contributed by atoms with Crippen LogP contribution in [0.3, 0.4) is 0 Å². The zero-order chi connectivity index (χ0) is 18.4. The number of aldehydes is 1. The van der Waals surface area contributed by atoms with E-state index in [4.69, 9.17) is 5.11 Å². The summed E-state index contributed by atoms with van der Waals surface area (Å²) in [4.78, 5) is 35.3. The Morgan fingerprint density at radius 1 is 1.28 bits per heavy atom. The predicted molar refractivity (Wildman–Crippen MR) is 86.4 cm³/mol. The monoisotopic (exact) mass is 352 g/mol. The van der Waals surface area contributed by atoms with Crippen molar-refractivity contribution in [3.8, 4) is 0 Å². The molecule has 1 aromatic carbocycles. The third kappa shape index (κ3) is 4.76. The first-order valence-electron chi connectivity index (χ1n) is 8.06. The number of carboxylic acid groups (broad SMARTS) is 1. The van der Waals surface area contributed by atoms with E-state index >= 15 is 0 Å². The smallest absolute Gasteiger partial charge is 0.407 e. The third-order valence-electron chi connectivity index (χ3n) is 4.43. The number of hydrogen-bond donors (Lipinski definition) is 3. The van der Waals surface area contributed by atoms with Crippen molar-refractivity contribution in [2.45, 2.75) is 37.3 Å². The average molecular weight is 352 g/mol. The Balaban J connectivity index is 2.07. The molecule has 0 bridgehead atoms. The fourth-order valence-corrected chi connectivity index (χ4v) is 2.84. The van der Waals surface area contributed by atoms with Gasteiger partial charge in [0.05, 0.1) is 6.04 Å². The molecule has 2 rings (SSSR count). The highest BCUT2D eigenvalue weighted by Gasteiger charge is 2.41. The van der Waals surface area contributed by atoms with Crippen molar-refractivity contribution in [2.75, 3.05) is 13.1 Å². The number of rotatable bonds is 6. The van der Waals surface area contributed by atoms with E-state index in [2.05, 4.69) is 5.32 Å². The van der Waals surface area contributed by atoms with Crippen molar-refractivity contribution in [1.29, 1.82) is 0 Å². The summed E-state index contributed by atoms with van der Waals surface area (Å²) in [5, 5.41) is 22.2. The van der Waals surface area contributed by atoms with Crippen LogP contribution in [0.25, 0.3) is 0 Å². The molecule has 1 aliphatic heterocycles. The number of aliphatic hydroxyl groups is 1. The van der Waals surface area contributed by atoms with E-state index in [0.29, 0.717) is 12.0 Å². The van der Waals surface area contributed by atoms with Crippen LogP contribution in [0.15, 0.2) is 24.3 Å². The number of likely N-dealkylation sites (tertiary alicyclic amines) is 1. The summed E-state index contributed by atoms with van der Waals surface area (Å²) in [6, 6.07) is 5.01. The zero-order valence-electron chi connectivity index (χ0n) is 13.7. The lowest BCUT2D eigenvalue weighted by molar-refractivity contribution is -0.145. The summed E-state index contributed by atoms with van der Waals surface area (Å²) < 4.78 is 13.1. The Morgan fingerprint density at radius 3 is 2.40 bits per heavy atom. The van der Waals surface area contributed by atoms with E-state index in [-0.39, 0.29) is 32.4 Å². The van der Waals surface area contributed by atoms with Crippen molar-refractivity contribution in [2.24, 2.45) is 0 Å². The molecule has 8 heteroatoms. The normalized spacial score (nSPS) is 17.6. The lowest BCUT2D eigenvalue weighted by Crippen LogP contribution is -2.55. The van der Waals surface area contributed by atoms with Crippen LogP contribution in [0, 0.1) is 5.82 Å². The van der Waals surface area contributed by atoms with Crippen LogP contribution >= 0.6 is 0 Å². The first-order chi connectivity index (χ1) is 11.9. The Kier molecular flexibility index (Phi) is 6.08. The molecule has 25 heavy (non-hydrogen) atoms. The molecular weight excluding hydrogens is 331 g/mol. The van der Waals surface area contributed by atoms with Crippen molar-refractivity contribution in [1.82, 2.24) is 10.2 Å². The van der Waals surface area contributed by atoms with E-state index in [9.17, 15) is 23.9 Å². The van der Waals surface area contributed by atoms with E-state index in [1.54, 1.807) is 0 Å². The topological polar surface area (TPSA) is 107 Å². The maximum absolute atomic E-state index is 13.1. The zero-order valence-corrected chi connectivity index (χ0v) is 13.7. The molecule has 1 aromatic rings. The second-order valence-electron chi connectivity index (χ2n) is 6.12. The van der Waals surface area contributed by atoms with Gasteiger partial charge in [-0.15, -0.1) is 0 Å². The number of carbonyl (C=O) groups excluding carboxylic acids is 2. The molecule has 1 saturated heterocycles.